The fourth-order valence-corrected chi connectivity index (χ4v) is 0.732. The van der Waals surface area contributed by atoms with E-state index in [1.54, 1.807) is 11.8 Å². The maximum absolute atomic E-state index is 9.65. The smallest absolute Gasteiger partial charge is 0.293 e. The van der Waals surface area contributed by atoms with Crippen molar-refractivity contribution in [2.45, 2.75) is 18.6 Å². The van der Waals surface area contributed by atoms with E-state index in [0.29, 0.717) is 18.3 Å². The summed E-state index contributed by atoms with van der Waals surface area (Å²) < 4.78 is 4.51. The maximum atomic E-state index is 9.65. The molecule has 0 aromatic rings. The molecule has 0 aromatic carbocycles. The quantitative estimate of drug-likeness (QED) is 0.434. The molecule has 0 bridgehead atoms. The molecule has 54 valence electrons. The highest BCUT2D eigenvalue weighted by atomic mass is 32.2. The SMILES string of the molecule is CSC(C)CCOC=O. The van der Waals surface area contributed by atoms with Gasteiger partial charge in [0.2, 0.25) is 0 Å². The van der Waals surface area contributed by atoms with E-state index < -0.39 is 0 Å². The van der Waals surface area contributed by atoms with Crippen LogP contribution in [0.1, 0.15) is 13.3 Å². The Kier molecular flexibility index (Phi) is 5.83. The molecule has 0 N–H and O–H groups in total. The lowest BCUT2D eigenvalue weighted by molar-refractivity contribution is -0.128. The van der Waals surface area contributed by atoms with Crippen molar-refractivity contribution >= 4 is 18.2 Å². The van der Waals surface area contributed by atoms with E-state index in [4.69, 9.17) is 0 Å². The molecule has 0 fully saturated rings. The highest BCUT2D eigenvalue weighted by Gasteiger charge is 1.96. The minimum atomic E-state index is 0.493. The molecular formula is C6H12O2S. The van der Waals surface area contributed by atoms with Crippen LogP contribution < -0.4 is 0 Å². The predicted octanol–water partition coefficient (Wildman–Crippen LogP) is 1.30. The van der Waals surface area contributed by atoms with E-state index in [2.05, 4.69) is 11.7 Å². The molecule has 0 amide bonds. The Hall–Kier alpha value is -0.180. The van der Waals surface area contributed by atoms with Crippen molar-refractivity contribution in [3.8, 4) is 0 Å². The Balaban J connectivity index is 2.96. The summed E-state index contributed by atoms with van der Waals surface area (Å²) in [5.74, 6) is 0. The molecule has 0 aliphatic rings. The number of ether oxygens (including phenoxy) is 1. The molecule has 0 saturated heterocycles. The summed E-state index contributed by atoms with van der Waals surface area (Å²) >= 11 is 1.78. The molecule has 0 spiro atoms. The Morgan fingerprint density at radius 3 is 2.89 bits per heavy atom. The molecule has 1 unspecified atom stereocenters. The van der Waals surface area contributed by atoms with E-state index in [1.165, 1.54) is 0 Å². The van der Waals surface area contributed by atoms with Gasteiger partial charge in [0.1, 0.15) is 0 Å². The van der Waals surface area contributed by atoms with E-state index in [0.717, 1.165) is 6.42 Å². The van der Waals surface area contributed by atoms with Crippen molar-refractivity contribution in [1.82, 2.24) is 0 Å². The van der Waals surface area contributed by atoms with E-state index in [1.807, 2.05) is 6.26 Å². The van der Waals surface area contributed by atoms with E-state index in [-0.39, 0.29) is 0 Å². The van der Waals surface area contributed by atoms with Gasteiger partial charge in [0.05, 0.1) is 6.61 Å². The molecule has 9 heavy (non-hydrogen) atoms. The highest BCUT2D eigenvalue weighted by molar-refractivity contribution is 7.99. The summed E-state index contributed by atoms with van der Waals surface area (Å²) in [4.78, 5) is 9.65. The molecular weight excluding hydrogens is 136 g/mol. The molecule has 1 atom stereocenters. The summed E-state index contributed by atoms with van der Waals surface area (Å²) in [6, 6.07) is 0. The normalized spacial score (nSPS) is 12.7. The first kappa shape index (κ1) is 8.82. The second-order valence-corrected chi connectivity index (χ2v) is 3.08. The minimum Gasteiger partial charge on any atom is -0.468 e. The third-order valence-corrected chi connectivity index (χ3v) is 2.15. The molecule has 0 saturated carbocycles. The first-order valence-corrected chi connectivity index (χ1v) is 4.18. The largest absolute Gasteiger partial charge is 0.468 e. The fourth-order valence-electron chi connectivity index (χ4n) is 0.400. The average Bonchev–Trinajstić information content (AvgIpc) is 1.89. The van der Waals surface area contributed by atoms with Crippen molar-refractivity contribution in [3.05, 3.63) is 0 Å². The Morgan fingerprint density at radius 1 is 1.78 bits per heavy atom. The van der Waals surface area contributed by atoms with E-state index >= 15 is 0 Å². The summed E-state index contributed by atoms with van der Waals surface area (Å²) in [5.41, 5.74) is 0. The first-order chi connectivity index (χ1) is 4.31. The standard InChI is InChI=1S/C6H12O2S/c1-6(9-2)3-4-8-5-7/h5-6H,3-4H2,1-2H3. The van der Waals surface area contributed by atoms with Gasteiger partial charge < -0.3 is 4.74 Å². The lowest BCUT2D eigenvalue weighted by atomic mass is 10.3. The van der Waals surface area contributed by atoms with Crippen LogP contribution in [0.2, 0.25) is 0 Å². The van der Waals surface area contributed by atoms with Crippen LogP contribution in [0.25, 0.3) is 0 Å². The summed E-state index contributed by atoms with van der Waals surface area (Å²) in [6.45, 7) is 3.15. The van der Waals surface area contributed by atoms with Crippen LogP contribution in [-0.2, 0) is 9.53 Å². The number of hydrogen-bond acceptors (Lipinski definition) is 3. The van der Waals surface area contributed by atoms with Crippen LogP contribution in [-0.4, -0.2) is 24.6 Å². The fraction of sp³-hybridized carbons (Fsp3) is 0.833. The van der Waals surface area contributed by atoms with Crippen LogP contribution in [0.4, 0.5) is 0 Å². The maximum Gasteiger partial charge on any atom is 0.293 e. The second kappa shape index (κ2) is 5.95. The molecule has 0 rings (SSSR count). The van der Waals surface area contributed by atoms with Gasteiger partial charge >= 0.3 is 0 Å². The highest BCUT2D eigenvalue weighted by Crippen LogP contribution is 2.08. The summed E-state index contributed by atoms with van der Waals surface area (Å²) in [5, 5.41) is 0.588. The van der Waals surface area contributed by atoms with Crippen molar-refractivity contribution < 1.29 is 9.53 Å². The van der Waals surface area contributed by atoms with Crippen LogP contribution >= 0.6 is 11.8 Å². The molecule has 0 heterocycles. The van der Waals surface area contributed by atoms with Gasteiger partial charge in [0.15, 0.2) is 0 Å². The molecule has 0 radical (unpaired) electrons. The molecule has 2 nitrogen and oxygen atoms in total. The zero-order valence-corrected chi connectivity index (χ0v) is 6.61. The minimum absolute atomic E-state index is 0.493. The molecule has 3 heteroatoms. The van der Waals surface area contributed by atoms with Gasteiger partial charge in [-0.1, -0.05) is 6.92 Å². The van der Waals surface area contributed by atoms with Crippen molar-refractivity contribution in [2.75, 3.05) is 12.9 Å². The van der Waals surface area contributed by atoms with E-state index in [9.17, 15) is 4.79 Å². The Bertz CT molecular complexity index is 75.5. The van der Waals surface area contributed by atoms with Crippen molar-refractivity contribution in [3.63, 3.8) is 0 Å². The first-order valence-electron chi connectivity index (χ1n) is 2.89. The zero-order valence-electron chi connectivity index (χ0n) is 5.79. The van der Waals surface area contributed by atoms with Crippen LogP contribution in [0, 0.1) is 0 Å². The van der Waals surface area contributed by atoms with Crippen LogP contribution in [0.15, 0.2) is 0 Å². The predicted molar refractivity (Wildman–Crippen MR) is 39.6 cm³/mol. The van der Waals surface area contributed by atoms with Crippen molar-refractivity contribution in [1.29, 1.82) is 0 Å². The Labute approximate surface area is 60.0 Å². The second-order valence-electron chi connectivity index (χ2n) is 1.80. The number of carbonyl (C=O) groups is 1. The topological polar surface area (TPSA) is 26.3 Å². The number of hydrogen-bond donors (Lipinski definition) is 0. The van der Waals surface area contributed by atoms with Gasteiger partial charge in [-0.05, 0) is 12.7 Å². The molecule has 0 aromatic heterocycles. The number of rotatable bonds is 5. The van der Waals surface area contributed by atoms with Crippen LogP contribution in [0.5, 0.6) is 0 Å². The summed E-state index contributed by atoms with van der Waals surface area (Å²) in [6.07, 6.45) is 2.99. The Morgan fingerprint density at radius 2 is 2.44 bits per heavy atom. The number of carbonyl (C=O) groups excluding carboxylic acids is 1. The molecule has 0 aliphatic heterocycles. The van der Waals surface area contributed by atoms with Gasteiger partial charge in [-0.2, -0.15) is 11.8 Å². The summed E-state index contributed by atoms with van der Waals surface area (Å²) in [7, 11) is 0. The number of thioether (sulfide) groups is 1. The third kappa shape index (κ3) is 5.69. The zero-order chi connectivity index (χ0) is 7.11. The van der Waals surface area contributed by atoms with Gasteiger partial charge in [0.25, 0.3) is 6.47 Å². The third-order valence-electron chi connectivity index (χ3n) is 1.11. The monoisotopic (exact) mass is 148 g/mol. The average molecular weight is 148 g/mol. The molecule has 0 aliphatic carbocycles. The lowest BCUT2D eigenvalue weighted by Gasteiger charge is -2.04. The van der Waals surface area contributed by atoms with Gasteiger partial charge in [-0.15, -0.1) is 0 Å². The van der Waals surface area contributed by atoms with Crippen LogP contribution in [0.3, 0.4) is 0 Å². The van der Waals surface area contributed by atoms with Crippen molar-refractivity contribution in [2.24, 2.45) is 0 Å². The van der Waals surface area contributed by atoms with Gasteiger partial charge in [-0.3, -0.25) is 4.79 Å². The van der Waals surface area contributed by atoms with Gasteiger partial charge in [0, 0.05) is 5.25 Å². The lowest BCUT2D eigenvalue weighted by Crippen LogP contribution is -2.01. The van der Waals surface area contributed by atoms with Gasteiger partial charge in [-0.25, -0.2) is 0 Å².